The van der Waals surface area contributed by atoms with Crippen molar-refractivity contribution in [3.8, 4) is 0 Å². The molecule has 2 rings (SSSR count). The summed E-state index contributed by atoms with van der Waals surface area (Å²) < 4.78 is 0. The first kappa shape index (κ1) is 14.9. The lowest BCUT2D eigenvalue weighted by atomic mass is 9.76. The largest absolute Gasteiger partial charge is 0.299 e. The van der Waals surface area contributed by atoms with Crippen molar-refractivity contribution >= 4 is 29.0 Å². The van der Waals surface area contributed by atoms with Gasteiger partial charge in [0.05, 0.1) is 0 Å². The van der Waals surface area contributed by atoms with E-state index in [1.165, 1.54) is 12.8 Å². The predicted molar refractivity (Wildman–Crippen MR) is 80.9 cm³/mol. The quantitative estimate of drug-likeness (QED) is 0.735. The van der Waals surface area contributed by atoms with E-state index in [9.17, 15) is 4.79 Å². The Morgan fingerprint density at radius 1 is 1.32 bits per heavy atom. The van der Waals surface area contributed by atoms with Crippen LogP contribution < -0.4 is 0 Å². The van der Waals surface area contributed by atoms with E-state index < -0.39 is 0 Å². The minimum atomic E-state index is 0.126. The molecule has 1 aromatic rings. The lowest BCUT2D eigenvalue weighted by Crippen LogP contribution is -2.26. The van der Waals surface area contributed by atoms with Crippen LogP contribution in [0.2, 0.25) is 10.0 Å². The van der Waals surface area contributed by atoms with Crippen LogP contribution in [-0.4, -0.2) is 5.78 Å². The second-order valence-corrected chi connectivity index (χ2v) is 6.38. The monoisotopic (exact) mass is 298 g/mol. The van der Waals surface area contributed by atoms with E-state index in [-0.39, 0.29) is 5.92 Å². The smallest absolute Gasteiger partial charge is 0.136 e. The van der Waals surface area contributed by atoms with Gasteiger partial charge in [-0.2, -0.15) is 0 Å². The Hall–Kier alpha value is -0.530. The molecule has 0 aromatic heterocycles. The molecular formula is C16H20Cl2O. The fourth-order valence-electron chi connectivity index (χ4n) is 3.03. The third-order valence-electron chi connectivity index (χ3n) is 4.04. The zero-order chi connectivity index (χ0) is 13.8. The maximum Gasteiger partial charge on any atom is 0.136 e. The summed E-state index contributed by atoms with van der Waals surface area (Å²) in [4.78, 5) is 12.1. The molecule has 1 aliphatic rings. The third kappa shape index (κ3) is 3.97. The van der Waals surface area contributed by atoms with E-state index in [1.54, 1.807) is 6.07 Å². The minimum Gasteiger partial charge on any atom is -0.299 e. The van der Waals surface area contributed by atoms with Crippen molar-refractivity contribution in [2.45, 2.75) is 45.4 Å². The molecule has 0 radical (unpaired) electrons. The Morgan fingerprint density at radius 2 is 2.11 bits per heavy atom. The molecule has 1 aromatic carbocycles. The van der Waals surface area contributed by atoms with Crippen molar-refractivity contribution in [3.05, 3.63) is 33.8 Å². The molecule has 0 heterocycles. The fraction of sp³-hybridized carbons (Fsp3) is 0.562. The first-order valence-electron chi connectivity index (χ1n) is 7.06. The van der Waals surface area contributed by atoms with E-state index >= 15 is 0 Å². The second kappa shape index (κ2) is 6.76. The Kier molecular flexibility index (Phi) is 5.29. The highest BCUT2D eigenvalue weighted by Crippen LogP contribution is 2.33. The number of hydrogen-bond acceptors (Lipinski definition) is 1. The molecule has 0 spiro atoms. The Morgan fingerprint density at radius 3 is 2.84 bits per heavy atom. The van der Waals surface area contributed by atoms with Gasteiger partial charge in [-0.15, -0.1) is 0 Å². The van der Waals surface area contributed by atoms with Crippen molar-refractivity contribution in [2.24, 2.45) is 11.8 Å². The summed E-state index contributed by atoms with van der Waals surface area (Å²) in [6.45, 7) is 2.21. The SMILES string of the molecule is CCCC1CCC(=O)C(Cc2cc(Cl)ccc2Cl)C1. The van der Waals surface area contributed by atoms with Gasteiger partial charge in [-0.3, -0.25) is 4.79 Å². The van der Waals surface area contributed by atoms with Crippen LogP contribution in [-0.2, 0) is 11.2 Å². The number of Topliss-reactive ketones (excluding diaryl/α,β-unsaturated/α-hetero) is 1. The molecular weight excluding hydrogens is 279 g/mol. The molecule has 0 N–H and O–H groups in total. The summed E-state index contributed by atoms with van der Waals surface area (Å²) in [5.41, 5.74) is 1.00. The van der Waals surface area contributed by atoms with Gasteiger partial charge < -0.3 is 0 Å². The Labute approximate surface area is 125 Å². The number of halogens is 2. The van der Waals surface area contributed by atoms with Crippen molar-refractivity contribution in [2.75, 3.05) is 0 Å². The lowest BCUT2D eigenvalue weighted by molar-refractivity contribution is -0.125. The van der Waals surface area contributed by atoms with Gasteiger partial charge in [0.1, 0.15) is 5.78 Å². The number of benzene rings is 1. The summed E-state index contributed by atoms with van der Waals surface area (Å²) >= 11 is 12.2. The van der Waals surface area contributed by atoms with E-state index in [0.717, 1.165) is 36.3 Å². The molecule has 0 aliphatic heterocycles. The highest BCUT2D eigenvalue weighted by Gasteiger charge is 2.28. The molecule has 104 valence electrons. The average molecular weight is 299 g/mol. The molecule has 1 saturated carbocycles. The topological polar surface area (TPSA) is 17.1 Å². The van der Waals surface area contributed by atoms with Crippen molar-refractivity contribution in [3.63, 3.8) is 0 Å². The highest BCUT2D eigenvalue weighted by molar-refractivity contribution is 6.33. The number of carbonyl (C=O) groups is 1. The average Bonchev–Trinajstić information content (AvgIpc) is 2.38. The molecule has 19 heavy (non-hydrogen) atoms. The van der Waals surface area contributed by atoms with Crippen LogP contribution in [0.5, 0.6) is 0 Å². The molecule has 0 saturated heterocycles. The van der Waals surface area contributed by atoms with Gasteiger partial charge in [0.2, 0.25) is 0 Å². The maximum atomic E-state index is 12.1. The summed E-state index contributed by atoms with van der Waals surface area (Å²) in [5, 5.41) is 1.41. The molecule has 3 heteroatoms. The van der Waals surface area contributed by atoms with Gasteiger partial charge in [0.15, 0.2) is 0 Å². The van der Waals surface area contributed by atoms with Crippen LogP contribution in [0.3, 0.4) is 0 Å². The summed E-state index contributed by atoms with van der Waals surface area (Å²) in [5.74, 6) is 1.22. The van der Waals surface area contributed by atoms with Gasteiger partial charge in [0, 0.05) is 22.4 Å². The predicted octanol–water partition coefficient (Wildman–Crippen LogP) is 5.32. The molecule has 1 aliphatic carbocycles. The first-order chi connectivity index (χ1) is 9.10. The van der Waals surface area contributed by atoms with Crippen LogP contribution in [0.4, 0.5) is 0 Å². The minimum absolute atomic E-state index is 0.126. The van der Waals surface area contributed by atoms with E-state index in [1.807, 2.05) is 12.1 Å². The van der Waals surface area contributed by atoms with Gasteiger partial charge in [-0.05, 0) is 48.9 Å². The van der Waals surface area contributed by atoms with Crippen LogP contribution in [0.25, 0.3) is 0 Å². The summed E-state index contributed by atoms with van der Waals surface area (Å²) in [6, 6.07) is 5.49. The molecule has 1 nitrogen and oxygen atoms in total. The van der Waals surface area contributed by atoms with Crippen molar-refractivity contribution < 1.29 is 4.79 Å². The molecule has 0 amide bonds. The number of ketones is 1. The summed E-state index contributed by atoms with van der Waals surface area (Å²) in [6.07, 6.45) is 5.96. The number of rotatable bonds is 4. The van der Waals surface area contributed by atoms with Crippen LogP contribution in [0, 0.1) is 11.8 Å². The van der Waals surface area contributed by atoms with E-state index in [0.29, 0.717) is 16.7 Å². The van der Waals surface area contributed by atoms with Gasteiger partial charge in [-0.25, -0.2) is 0 Å². The van der Waals surface area contributed by atoms with E-state index in [2.05, 4.69) is 6.92 Å². The van der Waals surface area contributed by atoms with Gasteiger partial charge in [-0.1, -0.05) is 43.0 Å². The van der Waals surface area contributed by atoms with Gasteiger partial charge in [0.25, 0.3) is 0 Å². The van der Waals surface area contributed by atoms with Crippen molar-refractivity contribution in [1.29, 1.82) is 0 Å². The van der Waals surface area contributed by atoms with Crippen LogP contribution in [0.1, 0.15) is 44.6 Å². The van der Waals surface area contributed by atoms with Crippen molar-refractivity contribution in [1.82, 2.24) is 0 Å². The summed E-state index contributed by atoms with van der Waals surface area (Å²) in [7, 11) is 0. The standard InChI is InChI=1S/C16H20Cl2O/c1-2-3-11-4-7-16(19)13(8-11)9-12-10-14(17)5-6-15(12)18/h5-6,10-11,13H,2-4,7-9H2,1H3. The number of carbonyl (C=O) groups excluding carboxylic acids is 1. The molecule has 2 atom stereocenters. The Balaban J connectivity index is 2.07. The van der Waals surface area contributed by atoms with Crippen LogP contribution >= 0.6 is 23.2 Å². The van der Waals surface area contributed by atoms with E-state index in [4.69, 9.17) is 23.2 Å². The zero-order valence-electron chi connectivity index (χ0n) is 11.3. The first-order valence-corrected chi connectivity index (χ1v) is 7.82. The Bertz CT molecular complexity index is 456. The normalized spacial score (nSPS) is 23.6. The zero-order valence-corrected chi connectivity index (χ0v) is 12.8. The molecule has 0 bridgehead atoms. The van der Waals surface area contributed by atoms with Crippen LogP contribution in [0.15, 0.2) is 18.2 Å². The molecule has 1 fully saturated rings. The second-order valence-electron chi connectivity index (χ2n) is 5.53. The maximum absolute atomic E-state index is 12.1. The fourth-order valence-corrected chi connectivity index (χ4v) is 3.42. The third-order valence-corrected chi connectivity index (χ3v) is 4.65. The number of hydrogen-bond donors (Lipinski definition) is 0. The molecule has 2 unspecified atom stereocenters. The van der Waals surface area contributed by atoms with Gasteiger partial charge >= 0.3 is 0 Å². The lowest BCUT2D eigenvalue weighted by Gasteiger charge is -2.28. The highest BCUT2D eigenvalue weighted by atomic mass is 35.5.